The third-order valence-electron chi connectivity index (χ3n) is 3.96. The Morgan fingerprint density at radius 2 is 1.65 bits per heavy atom. The van der Waals surface area contributed by atoms with Crippen LogP contribution < -0.4 is 11.2 Å². The Hall–Kier alpha value is -2.30. The lowest BCUT2D eigenvalue weighted by Crippen LogP contribution is -2.40. The van der Waals surface area contributed by atoms with Gasteiger partial charge in [0.2, 0.25) is 0 Å². The zero-order valence-corrected chi connectivity index (χ0v) is 13.8. The highest BCUT2D eigenvalue weighted by Gasteiger charge is 2.10. The molecule has 5 nitrogen and oxygen atoms in total. The number of nitrogens with zero attached hydrogens (tertiary/aromatic N) is 2. The van der Waals surface area contributed by atoms with Gasteiger partial charge in [0.25, 0.3) is 5.56 Å². The van der Waals surface area contributed by atoms with Gasteiger partial charge in [-0.05, 0) is 37.6 Å². The quantitative estimate of drug-likeness (QED) is 0.799. The number of aromatic hydroxyl groups is 1. The molecule has 0 spiro atoms. The fraction of sp³-hybridized carbons (Fsp3) is 0.444. The van der Waals surface area contributed by atoms with Crippen LogP contribution in [0.2, 0.25) is 0 Å². The number of aromatic nitrogens is 2. The average molecular weight is 316 g/mol. The Morgan fingerprint density at radius 1 is 1.00 bits per heavy atom. The van der Waals surface area contributed by atoms with Crippen LogP contribution in [0, 0.1) is 6.92 Å². The van der Waals surface area contributed by atoms with E-state index in [0.717, 1.165) is 25.7 Å². The second kappa shape index (κ2) is 7.81. The summed E-state index contributed by atoms with van der Waals surface area (Å²) in [5, 5.41) is 9.37. The molecule has 0 saturated heterocycles. The molecule has 0 radical (unpaired) electrons. The van der Waals surface area contributed by atoms with Gasteiger partial charge in [-0.1, -0.05) is 32.6 Å². The van der Waals surface area contributed by atoms with Gasteiger partial charge in [0, 0.05) is 18.3 Å². The predicted molar refractivity (Wildman–Crippen MR) is 91.5 cm³/mol. The number of unbranched alkanes of at least 4 members (excludes halogenated alkanes) is 4. The third-order valence-corrected chi connectivity index (χ3v) is 3.96. The van der Waals surface area contributed by atoms with Gasteiger partial charge < -0.3 is 5.11 Å². The fourth-order valence-corrected chi connectivity index (χ4v) is 2.60. The van der Waals surface area contributed by atoms with Gasteiger partial charge in [-0.15, -0.1) is 0 Å². The molecule has 1 N–H and O–H groups in total. The first kappa shape index (κ1) is 17.1. The standard InChI is InChI=1S/C18H24N2O3/c1-3-4-5-6-7-12-19-17(22)14(2)13-20(18(19)23)15-8-10-16(21)11-9-15/h8-11,13,21H,3-7,12H2,1-2H3. The summed E-state index contributed by atoms with van der Waals surface area (Å²) in [6, 6.07) is 6.37. The van der Waals surface area contributed by atoms with Crippen LogP contribution in [0.4, 0.5) is 0 Å². The molecule has 0 bridgehead atoms. The van der Waals surface area contributed by atoms with Crippen molar-refractivity contribution in [3.05, 3.63) is 56.9 Å². The molecule has 1 aromatic carbocycles. The van der Waals surface area contributed by atoms with Crippen molar-refractivity contribution in [2.24, 2.45) is 0 Å². The predicted octanol–water partition coefficient (Wildman–Crippen LogP) is 2.98. The maximum absolute atomic E-state index is 12.6. The Balaban J connectivity index is 2.30. The third kappa shape index (κ3) is 4.12. The van der Waals surface area contributed by atoms with E-state index in [4.69, 9.17) is 0 Å². The number of aryl methyl sites for hydroxylation is 1. The molecule has 0 fully saturated rings. The normalized spacial score (nSPS) is 10.9. The molecule has 1 aromatic heterocycles. The van der Waals surface area contributed by atoms with Crippen LogP contribution in [0.3, 0.4) is 0 Å². The molecule has 5 heteroatoms. The summed E-state index contributed by atoms with van der Waals surface area (Å²) in [6.07, 6.45) is 6.88. The Kier molecular flexibility index (Phi) is 5.79. The molecule has 0 amide bonds. The number of phenolic OH excluding ortho intramolecular Hbond substituents is 1. The Bertz CT molecular complexity index is 757. The van der Waals surface area contributed by atoms with Crippen LogP contribution in [-0.2, 0) is 6.54 Å². The molecule has 23 heavy (non-hydrogen) atoms. The van der Waals surface area contributed by atoms with Gasteiger partial charge in [-0.2, -0.15) is 0 Å². The van der Waals surface area contributed by atoms with Crippen molar-refractivity contribution in [2.75, 3.05) is 0 Å². The summed E-state index contributed by atoms with van der Waals surface area (Å²) in [7, 11) is 0. The highest BCUT2D eigenvalue weighted by molar-refractivity contribution is 5.37. The summed E-state index contributed by atoms with van der Waals surface area (Å²) in [5.41, 5.74) is 0.615. The smallest absolute Gasteiger partial charge is 0.335 e. The Morgan fingerprint density at radius 3 is 2.30 bits per heavy atom. The van der Waals surface area contributed by atoms with Crippen molar-refractivity contribution >= 4 is 0 Å². The fourth-order valence-electron chi connectivity index (χ4n) is 2.60. The van der Waals surface area contributed by atoms with E-state index in [0.29, 0.717) is 17.8 Å². The van der Waals surface area contributed by atoms with Crippen LogP contribution in [0.5, 0.6) is 5.75 Å². The first-order valence-electron chi connectivity index (χ1n) is 8.17. The summed E-state index contributed by atoms with van der Waals surface area (Å²) in [6.45, 7) is 4.31. The van der Waals surface area contributed by atoms with E-state index in [1.54, 1.807) is 25.3 Å². The molecule has 0 aliphatic heterocycles. The second-order valence-electron chi connectivity index (χ2n) is 5.85. The van der Waals surface area contributed by atoms with Crippen molar-refractivity contribution in [3.8, 4) is 11.4 Å². The van der Waals surface area contributed by atoms with Gasteiger partial charge >= 0.3 is 5.69 Å². The van der Waals surface area contributed by atoms with Crippen LogP contribution >= 0.6 is 0 Å². The molecule has 0 atom stereocenters. The van der Waals surface area contributed by atoms with E-state index < -0.39 is 0 Å². The van der Waals surface area contributed by atoms with E-state index >= 15 is 0 Å². The molecular formula is C18H24N2O3. The number of rotatable bonds is 7. The Labute approximate surface area is 135 Å². The molecule has 0 saturated carbocycles. The highest BCUT2D eigenvalue weighted by atomic mass is 16.3. The second-order valence-corrected chi connectivity index (χ2v) is 5.85. The van der Waals surface area contributed by atoms with Crippen molar-refractivity contribution in [3.63, 3.8) is 0 Å². The zero-order chi connectivity index (χ0) is 16.8. The topological polar surface area (TPSA) is 64.2 Å². The maximum Gasteiger partial charge on any atom is 0.335 e. The van der Waals surface area contributed by atoms with Crippen LogP contribution in [-0.4, -0.2) is 14.2 Å². The highest BCUT2D eigenvalue weighted by Crippen LogP contribution is 2.12. The van der Waals surface area contributed by atoms with E-state index in [1.807, 2.05) is 0 Å². The van der Waals surface area contributed by atoms with Crippen LogP contribution in [0.1, 0.15) is 44.6 Å². The van der Waals surface area contributed by atoms with Gasteiger partial charge in [0.05, 0.1) is 5.69 Å². The SMILES string of the molecule is CCCCCCCn1c(=O)c(C)cn(-c2ccc(O)cc2)c1=O. The summed E-state index contributed by atoms with van der Waals surface area (Å²) >= 11 is 0. The lowest BCUT2D eigenvalue weighted by atomic mass is 10.1. The minimum atomic E-state index is -0.332. The summed E-state index contributed by atoms with van der Waals surface area (Å²) < 4.78 is 2.77. The van der Waals surface area contributed by atoms with Crippen LogP contribution in [0.15, 0.2) is 40.1 Å². The molecule has 124 valence electrons. The molecule has 2 aromatic rings. The lowest BCUT2D eigenvalue weighted by molar-refractivity contribution is 0.475. The van der Waals surface area contributed by atoms with E-state index in [2.05, 4.69) is 6.92 Å². The van der Waals surface area contributed by atoms with Gasteiger partial charge in [0.15, 0.2) is 0 Å². The summed E-state index contributed by atoms with van der Waals surface area (Å²) in [4.78, 5) is 24.9. The molecule has 1 heterocycles. The lowest BCUT2D eigenvalue weighted by Gasteiger charge is -2.12. The van der Waals surface area contributed by atoms with Crippen molar-refractivity contribution in [1.29, 1.82) is 0 Å². The molecule has 2 rings (SSSR count). The number of phenols is 1. The van der Waals surface area contributed by atoms with Gasteiger partial charge in [0.1, 0.15) is 5.75 Å². The van der Waals surface area contributed by atoms with Crippen molar-refractivity contribution in [1.82, 2.24) is 9.13 Å². The van der Waals surface area contributed by atoms with E-state index in [-0.39, 0.29) is 17.0 Å². The molecular weight excluding hydrogens is 292 g/mol. The van der Waals surface area contributed by atoms with E-state index in [9.17, 15) is 14.7 Å². The molecule has 0 aliphatic carbocycles. The first-order valence-corrected chi connectivity index (χ1v) is 8.17. The van der Waals surface area contributed by atoms with Gasteiger partial charge in [-0.3, -0.25) is 13.9 Å². The minimum Gasteiger partial charge on any atom is -0.508 e. The average Bonchev–Trinajstić information content (AvgIpc) is 2.54. The van der Waals surface area contributed by atoms with Crippen molar-refractivity contribution < 1.29 is 5.11 Å². The molecule has 0 aliphatic rings. The maximum atomic E-state index is 12.6. The number of benzene rings is 1. The number of hydrogen-bond acceptors (Lipinski definition) is 3. The first-order chi connectivity index (χ1) is 11.0. The zero-order valence-electron chi connectivity index (χ0n) is 13.8. The number of hydrogen-bond donors (Lipinski definition) is 1. The van der Waals surface area contributed by atoms with Crippen LogP contribution in [0.25, 0.3) is 5.69 Å². The van der Waals surface area contributed by atoms with Crippen molar-refractivity contribution in [2.45, 2.75) is 52.5 Å². The van der Waals surface area contributed by atoms with E-state index in [1.165, 1.54) is 27.7 Å². The minimum absolute atomic E-state index is 0.141. The largest absolute Gasteiger partial charge is 0.508 e. The summed E-state index contributed by atoms with van der Waals surface area (Å²) in [5.74, 6) is 0.141. The van der Waals surface area contributed by atoms with Gasteiger partial charge in [-0.25, -0.2) is 4.79 Å². The molecule has 0 unspecified atom stereocenters. The monoisotopic (exact) mass is 316 g/mol.